The van der Waals surface area contributed by atoms with Crippen LogP contribution in [0.3, 0.4) is 0 Å². The first-order chi connectivity index (χ1) is 9.11. The zero-order valence-corrected chi connectivity index (χ0v) is 11.1. The third-order valence-corrected chi connectivity index (χ3v) is 2.95. The molecule has 3 N–H and O–H groups in total. The van der Waals surface area contributed by atoms with E-state index < -0.39 is 0 Å². The standard InChI is InChI=1S/C13H14ClN3O2/c1-8(7-18)15-13(19)12-6-11(16-17-12)9-4-2-3-5-10(9)14/h2-6,8,18H,7H2,1H3,(H,15,19)(H,16,17). The largest absolute Gasteiger partial charge is 0.394 e. The van der Waals surface area contributed by atoms with Crippen LogP contribution < -0.4 is 5.32 Å². The second kappa shape index (κ2) is 5.86. The number of hydrogen-bond donors (Lipinski definition) is 3. The van der Waals surface area contributed by atoms with Gasteiger partial charge in [0.05, 0.1) is 17.3 Å². The Morgan fingerprint density at radius 1 is 1.53 bits per heavy atom. The van der Waals surface area contributed by atoms with Crippen LogP contribution in [0.2, 0.25) is 5.02 Å². The maximum atomic E-state index is 11.8. The maximum Gasteiger partial charge on any atom is 0.269 e. The van der Waals surface area contributed by atoms with Crippen LogP contribution in [0.1, 0.15) is 17.4 Å². The lowest BCUT2D eigenvalue weighted by molar-refractivity contribution is 0.0917. The SMILES string of the molecule is CC(CO)NC(=O)c1cc(-c2ccccc2Cl)n[nH]1. The van der Waals surface area contributed by atoms with Crippen molar-refractivity contribution in [1.82, 2.24) is 15.5 Å². The molecule has 0 saturated carbocycles. The lowest BCUT2D eigenvalue weighted by atomic mass is 10.1. The average molecular weight is 280 g/mol. The molecule has 0 fully saturated rings. The Kier molecular flexibility index (Phi) is 4.19. The Labute approximate surface area is 115 Å². The first-order valence-electron chi connectivity index (χ1n) is 5.84. The smallest absolute Gasteiger partial charge is 0.269 e. The van der Waals surface area contributed by atoms with Gasteiger partial charge in [0.2, 0.25) is 0 Å². The quantitative estimate of drug-likeness (QED) is 0.799. The Morgan fingerprint density at radius 2 is 2.26 bits per heavy atom. The van der Waals surface area contributed by atoms with Gasteiger partial charge in [0.15, 0.2) is 0 Å². The number of carbonyl (C=O) groups is 1. The van der Waals surface area contributed by atoms with Gasteiger partial charge in [-0.1, -0.05) is 29.8 Å². The number of aliphatic hydroxyl groups is 1. The van der Waals surface area contributed by atoms with Gasteiger partial charge >= 0.3 is 0 Å². The Bertz CT molecular complexity index is 583. The normalized spacial score (nSPS) is 12.2. The molecule has 19 heavy (non-hydrogen) atoms. The summed E-state index contributed by atoms with van der Waals surface area (Å²) in [5.74, 6) is -0.313. The Balaban J connectivity index is 2.20. The summed E-state index contributed by atoms with van der Waals surface area (Å²) < 4.78 is 0. The fourth-order valence-corrected chi connectivity index (χ4v) is 1.82. The van der Waals surface area contributed by atoms with Crippen LogP contribution in [0, 0.1) is 0 Å². The Hall–Kier alpha value is -1.85. The molecule has 2 aromatic rings. The van der Waals surface area contributed by atoms with E-state index in [9.17, 15) is 4.79 Å². The number of aromatic nitrogens is 2. The number of H-pyrrole nitrogens is 1. The van der Waals surface area contributed by atoms with E-state index in [1.54, 1.807) is 19.1 Å². The molecule has 1 aromatic carbocycles. The molecule has 0 aliphatic heterocycles. The molecule has 1 unspecified atom stereocenters. The fourth-order valence-electron chi connectivity index (χ4n) is 1.59. The highest BCUT2D eigenvalue weighted by atomic mass is 35.5. The number of nitrogens with zero attached hydrogens (tertiary/aromatic N) is 1. The van der Waals surface area contributed by atoms with Gasteiger partial charge in [-0.15, -0.1) is 0 Å². The lowest BCUT2D eigenvalue weighted by Crippen LogP contribution is -2.35. The first-order valence-corrected chi connectivity index (χ1v) is 6.21. The molecule has 1 atom stereocenters. The molecule has 0 saturated heterocycles. The monoisotopic (exact) mass is 279 g/mol. The van der Waals surface area contributed by atoms with Crippen LogP contribution in [0.25, 0.3) is 11.3 Å². The summed E-state index contributed by atoms with van der Waals surface area (Å²) in [5, 5.41) is 18.8. The molecular weight excluding hydrogens is 266 g/mol. The number of aliphatic hydroxyl groups excluding tert-OH is 1. The molecule has 0 bridgehead atoms. The summed E-state index contributed by atoms with van der Waals surface area (Å²) in [7, 11) is 0. The predicted molar refractivity (Wildman–Crippen MR) is 73.0 cm³/mol. The topological polar surface area (TPSA) is 78.0 Å². The zero-order valence-electron chi connectivity index (χ0n) is 10.4. The molecule has 6 heteroatoms. The van der Waals surface area contributed by atoms with Crippen molar-refractivity contribution in [2.75, 3.05) is 6.61 Å². The van der Waals surface area contributed by atoms with E-state index in [0.29, 0.717) is 16.4 Å². The lowest BCUT2D eigenvalue weighted by Gasteiger charge is -2.08. The van der Waals surface area contributed by atoms with Crippen molar-refractivity contribution in [3.63, 3.8) is 0 Å². The number of halogens is 1. The summed E-state index contributed by atoms with van der Waals surface area (Å²) in [6.07, 6.45) is 0. The summed E-state index contributed by atoms with van der Waals surface area (Å²) >= 11 is 6.07. The highest BCUT2D eigenvalue weighted by Crippen LogP contribution is 2.26. The summed E-state index contributed by atoms with van der Waals surface area (Å²) in [4.78, 5) is 11.8. The third kappa shape index (κ3) is 3.13. The molecule has 0 aliphatic carbocycles. The minimum absolute atomic E-state index is 0.114. The van der Waals surface area contributed by atoms with Gasteiger partial charge in [-0.05, 0) is 19.1 Å². The Morgan fingerprint density at radius 3 is 2.95 bits per heavy atom. The molecule has 1 amide bonds. The number of amides is 1. The van der Waals surface area contributed by atoms with E-state index in [1.165, 1.54) is 0 Å². The van der Waals surface area contributed by atoms with Gasteiger partial charge in [-0.2, -0.15) is 5.10 Å². The van der Waals surface area contributed by atoms with Crippen LogP contribution in [-0.4, -0.2) is 33.9 Å². The highest BCUT2D eigenvalue weighted by molar-refractivity contribution is 6.33. The molecule has 5 nitrogen and oxygen atoms in total. The van der Waals surface area contributed by atoms with Crippen molar-refractivity contribution in [2.45, 2.75) is 13.0 Å². The molecule has 0 spiro atoms. The summed E-state index contributed by atoms with van der Waals surface area (Å²) in [6.45, 7) is 1.60. The van der Waals surface area contributed by atoms with E-state index in [1.807, 2.05) is 18.2 Å². The predicted octanol–water partition coefficient (Wildman–Crippen LogP) is 1.84. The third-order valence-electron chi connectivity index (χ3n) is 2.62. The van der Waals surface area contributed by atoms with Crippen molar-refractivity contribution in [3.05, 3.63) is 41.0 Å². The molecule has 0 aliphatic rings. The maximum absolute atomic E-state index is 11.8. The van der Waals surface area contributed by atoms with Crippen LogP contribution in [0.15, 0.2) is 30.3 Å². The van der Waals surface area contributed by atoms with Crippen LogP contribution in [0.4, 0.5) is 0 Å². The van der Waals surface area contributed by atoms with Gasteiger partial charge in [0.1, 0.15) is 5.69 Å². The van der Waals surface area contributed by atoms with E-state index in [2.05, 4.69) is 15.5 Å². The van der Waals surface area contributed by atoms with Gasteiger partial charge in [0.25, 0.3) is 5.91 Å². The van der Waals surface area contributed by atoms with Crippen molar-refractivity contribution in [2.24, 2.45) is 0 Å². The number of rotatable bonds is 4. The molecule has 2 rings (SSSR count). The number of carbonyl (C=O) groups excluding carboxylic acids is 1. The second-order valence-electron chi connectivity index (χ2n) is 4.20. The van der Waals surface area contributed by atoms with Gasteiger partial charge in [0, 0.05) is 11.6 Å². The van der Waals surface area contributed by atoms with Crippen LogP contribution in [-0.2, 0) is 0 Å². The first kappa shape index (κ1) is 13.6. The molecule has 1 heterocycles. The van der Waals surface area contributed by atoms with E-state index in [0.717, 1.165) is 5.56 Å². The second-order valence-corrected chi connectivity index (χ2v) is 4.61. The minimum atomic E-state index is -0.313. The van der Waals surface area contributed by atoms with Gasteiger partial charge in [-0.25, -0.2) is 0 Å². The molecular formula is C13H14ClN3O2. The van der Waals surface area contributed by atoms with Crippen molar-refractivity contribution in [1.29, 1.82) is 0 Å². The van der Waals surface area contributed by atoms with E-state index in [4.69, 9.17) is 16.7 Å². The average Bonchev–Trinajstić information content (AvgIpc) is 2.88. The van der Waals surface area contributed by atoms with Crippen molar-refractivity contribution in [3.8, 4) is 11.3 Å². The number of aromatic amines is 1. The minimum Gasteiger partial charge on any atom is -0.394 e. The molecule has 1 aromatic heterocycles. The van der Waals surface area contributed by atoms with Crippen molar-refractivity contribution < 1.29 is 9.90 Å². The van der Waals surface area contributed by atoms with Gasteiger partial charge < -0.3 is 10.4 Å². The highest BCUT2D eigenvalue weighted by Gasteiger charge is 2.14. The summed E-state index contributed by atoms with van der Waals surface area (Å²) in [6, 6.07) is 8.59. The zero-order chi connectivity index (χ0) is 13.8. The summed E-state index contributed by atoms with van der Waals surface area (Å²) in [5.41, 5.74) is 1.69. The molecule has 100 valence electrons. The number of hydrogen-bond acceptors (Lipinski definition) is 3. The van der Waals surface area contributed by atoms with Crippen LogP contribution in [0.5, 0.6) is 0 Å². The van der Waals surface area contributed by atoms with Crippen molar-refractivity contribution >= 4 is 17.5 Å². The number of benzene rings is 1. The fraction of sp³-hybridized carbons (Fsp3) is 0.231. The number of nitrogens with one attached hydrogen (secondary N) is 2. The van der Waals surface area contributed by atoms with E-state index >= 15 is 0 Å². The van der Waals surface area contributed by atoms with E-state index in [-0.39, 0.29) is 18.6 Å². The van der Waals surface area contributed by atoms with Crippen LogP contribution >= 0.6 is 11.6 Å². The molecule has 0 radical (unpaired) electrons. The van der Waals surface area contributed by atoms with Gasteiger partial charge in [-0.3, -0.25) is 9.89 Å².